The third-order valence-corrected chi connectivity index (χ3v) is 5.59. The highest BCUT2D eigenvalue weighted by Gasteiger charge is 2.16. The van der Waals surface area contributed by atoms with Crippen LogP contribution in [-0.4, -0.2) is 9.97 Å². The van der Waals surface area contributed by atoms with Crippen LogP contribution in [0.5, 0.6) is 0 Å². The second kappa shape index (κ2) is 9.35. The van der Waals surface area contributed by atoms with E-state index in [-0.39, 0.29) is 17.2 Å². The summed E-state index contributed by atoms with van der Waals surface area (Å²) in [6.07, 6.45) is 4.71. The van der Waals surface area contributed by atoms with E-state index in [2.05, 4.69) is 9.97 Å². The van der Waals surface area contributed by atoms with Crippen LogP contribution in [0.1, 0.15) is 29.2 Å². The van der Waals surface area contributed by atoms with Crippen molar-refractivity contribution in [3.8, 4) is 22.5 Å². The molecule has 2 nitrogen and oxygen atoms in total. The summed E-state index contributed by atoms with van der Waals surface area (Å²) >= 11 is 0. The van der Waals surface area contributed by atoms with Gasteiger partial charge in [-0.05, 0) is 71.7 Å². The summed E-state index contributed by atoms with van der Waals surface area (Å²) in [4.78, 5) is 8.16. The molecule has 1 aromatic heterocycles. The summed E-state index contributed by atoms with van der Waals surface area (Å²) in [6, 6.07) is 16.1. The molecule has 0 aliphatic rings. The molecule has 5 heteroatoms. The predicted molar refractivity (Wildman–Crippen MR) is 121 cm³/mol. The number of nitrogens with zero attached hydrogens (tertiary/aromatic N) is 2. The summed E-state index contributed by atoms with van der Waals surface area (Å²) in [5, 5.41) is 0. The van der Waals surface area contributed by atoms with Crippen molar-refractivity contribution in [3.05, 3.63) is 107 Å². The summed E-state index contributed by atoms with van der Waals surface area (Å²) in [6.45, 7) is 3.75. The number of aryl methyl sites for hydroxylation is 4. The minimum atomic E-state index is -0.931. The number of hydrogen-bond donors (Lipinski definition) is 0. The highest BCUT2D eigenvalue weighted by Crippen LogP contribution is 2.26. The molecule has 4 aromatic rings. The summed E-state index contributed by atoms with van der Waals surface area (Å²) in [5.41, 5.74) is 4.62. The molecule has 0 unspecified atom stereocenters. The van der Waals surface area contributed by atoms with Crippen molar-refractivity contribution in [2.45, 2.75) is 33.1 Å². The molecule has 0 amide bonds. The van der Waals surface area contributed by atoms with Gasteiger partial charge in [-0.2, -0.15) is 0 Å². The van der Waals surface area contributed by atoms with Gasteiger partial charge in [0.05, 0.1) is 5.56 Å². The Morgan fingerprint density at radius 2 is 1.38 bits per heavy atom. The molecule has 0 spiro atoms. The maximum atomic E-state index is 14.6. The summed E-state index contributed by atoms with van der Waals surface area (Å²) < 4.78 is 43.3. The second-order valence-corrected chi connectivity index (χ2v) is 7.84. The topological polar surface area (TPSA) is 25.8 Å². The SMILES string of the molecule is CCc1ccc(-c2ccc(CCc3ccc(-c4ncc(C)cn4)c(F)c3F)cc2)cc1F. The van der Waals surface area contributed by atoms with Crippen molar-refractivity contribution >= 4 is 0 Å². The van der Waals surface area contributed by atoms with Gasteiger partial charge in [-0.25, -0.2) is 23.1 Å². The van der Waals surface area contributed by atoms with E-state index >= 15 is 0 Å². The van der Waals surface area contributed by atoms with Gasteiger partial charge in [0.1, 0.15) is 5.82 Å². The van der Waals surface area contributed by atoms with Crippen LogP contribution in [-0.2, 0) is 19.3 Å². The molecule has 0 saturated carbocycles. The quantitative estimate of drug-likeness (QED) is 0.332. The Kier molecular flexibility index (Phi) is 6.35. The Morgan fingerprint density at radius 1 is 0.719 bits per heavy atom. The maximum Gasteiger partial charge on any atom is 0.170 e. The van der Waals surface area contributed by atoms with E-state index in [1.807, 2.05) is 44.2 Å². The van der Waals surface area contributed by atoms with Crippen LogP contribution in [0.15, 0.2) is 67.0 Å². The van der Waals surface area contributed by atoms with Crippen LogP contribution >= 0.6 is 0 Å². The van der Waals surface area contributed by atoms with Gasteiger partial charge < -0.3 is 0 Å². The second-order valence-electron chi connectivity index (χ2n) is 7.84. The van der Waals surface area contributed by atoms with Gasteiger partial charge in [0.2, 0.25) is 0 Å². The molecule has 0 radical (unpaired) electrons. The Bertz CT molecular complexity index is 1230. The smallest absolute Gasteiger partial charge is 0.170 e. The van der Waals surface area contributed by atoms with E-state index in [4.69, 9.17) is 0 Å². The van der Waals surface area contributed by atoms with Gasteiger partial charge in [-0.15, -0.1) is 0 Å². The van der Waals surface area contributed by atoms with E-state index in [9.17, 15) is 13.2 Å². The molecule has 1 heterocycles. The van der Waals surface area contributed by atoms with Crippen LogP contribution < -0.4 is 0 Å². The maximum absolute atomic E-state index is 14.6. The standard InChI is InChI=1S/C27H23F3N2/c1-3-19-10-11-22(14-24(19)28)20-7-4-18(5-8-20)6-9-21-12-13-23(26(30)25(21)29)27-31-15-17(2)16-32-27/h4-5,7-8,10-16H,3,6,9H2,1-2H3. The first-order valence-corrected chi connectivity index (χ1v) is 10.6. The molecular formula is C27H23F3N2. The zero-order valence-electron chi connectivity index (χ0n) is 18.0. The first-order chi connectivity index (χ1) is 15.5. The van der Waals surface area contributed by atoms with Gasteiger partial charge in [-0.3, -0.25) is 0 Å². The molecular weight excluding hydrogens is 409 g/mol. The van der Waals surface area contributed by atoms with Crippen LogP contribution in [0.2, 0.25) is 0 Å². The highest BCUT2D eigenvalue weighted by molar-refractivity contribution is 5.64. The Morgan fingerprint density at radius 3 is 2.03 bits per heavy atom. The largest absolute Gasteiger partial charge is 0.236 e. The molecule has 0 N–H and O–H groups in total. The lowest BCUT2D eigenvalue weighted by molar-refractivity contribution is 0.500. The predicted octanol–water partition coefficient (Wildman–Crippen LogP) is 6.88. The zero-order valence-corrected chi connectivity index (χ0v) is 18.0. The molecule has 0 aliphatic heterocycles. The van der Waals surface area contributed by atoms with Gasteiger partial charge in [0.25, 0.3) is 0 Å². The molecule has 3 aromatic carbocycles. The van der Waals surface area contributed by atoms with Crippen molar-refractivity contribution in [1.82, 2.24) is 9.97 Å². The fraction of sp³-hybridized carbons (Fsp3) is 0.185. The van der Waals surface area contributed by atoms with Crippen molar-refractivity contribution in [2.24, 2.45) is 0 Å². The molecule has 0 bridgehead atoms. The first kappa shape index (κ1) is 21.8. The van der Waals surface area contributed by atoms with Gasteiger partial charge in [0.15, 0.2) is 17.5 Å². The van der Waals surface area contributed by atoms with Gasteiger partial charge in [0, 0.05) is 12.4 Å². The van der Waals surface area contributed by atoms with Gasteiger partial charge in [-0.1, -0.05) is 49.4 Å². The average Bonchev–Trinajstić information content (AvgIpc) is 2.81. The Hall–Kier alpha value is -3.47. The molecule has 32 heavy (non-hydrogen) atoms. The van der Waals surface area contributed by atoms with Crippen LogP contribution in [0.4, 0.5) is 13.2 Å². The van der Waals surface area contributed by atoms with Crippen molar-refractivity contribution in [1.29, 1.82) is 0 Å². The van der Waals surface area contributed by atoms with E-state index in [1.54, 1.807) is 30.6 Å². The lowest BCUT2D eigenvalue weighted by Gasteiger charge is -2.09. The van der Waals surface area contributed by atoms with E-state index in [1.165, 1.54) is 6.07 Å². The Balaban J connectivity index is 1.47. The summed E-state index contributed by atoms with van der Waals surface area (Å²) in [5.74, 6) is -1.84. The molecule has 0 fully saturated rings. The minimum Gasteiger partial charge on any atom is -0.236 e. The summed E-state index contributed by atoms with van der Waals surface area (Å²) in [7, 11) is 0. The molecule has 0 atom stereocenters. The zero-order chi connectivity index (χ0) is 22.7. The lowest BCUT2D eigenvalue weighted by Crippen LogP contribution is -2.01. The monoisotopic (exact) mass is 432 g/mol. The van der Waals surface area contributed by atoms with E-state index in [0.29, 0.717) is 30.4 Å². The third kappa shape index (κ3) is 4.57. The van der Waals surface area contributed by atoms with Crippen molar-refractivity contribution in [3.63, 3.8) is 0 Å². The average molecular weight is 432 g/mol. The van der Waals surface area contributed by atoms with Crippen molar-refractivity contribution in [2.75, 3.05) is 0 Å². The number of hydrogen-bond acceptors (Lipinski definition) is 2. The fourth-order valence-electron chi connectivity index (χ4n) is 3.64. The first-order valence-electron chi connectivity index (χ1n) is 10.6. The fourth-order valence-corrected chi connectivity index (χ4v) is 3.64. The van der Waals surface area contributed by atoms with Crippen LogP contribution in [0, 0.1) is 24.4 Å². The Labute approximate surface area is 185 Å². The van der Waals surface area contributed by atoms with Crippen LogP contribution in [0.3, 0.4) is 0 Å². The molecule has 4 rings (SSSR count). The lowest BCUT2D eigenvalue weighted by atomic mass is 9.98. The molecule has 162 valence electrons. The van der Waals surface area contributed by atoms with Crippen molar-refractivity contribution < 1.29 is 13.2 Å². The number of halogens is 3. The highest BCUT2D eigenvalue weighted by atomic mass is 19.2. The van der Waals surface area contributed by atoms with Crippen LogP contribution in [0.25, 0.3) is 22.5 Å². The molecule has 0 saturated heterocycles. The van der Waals surface area contributed by atoms with Gasteiger partial charge >= 0.3 is 0 Å². The number of benzene rings is 3. The number of aromatic nitrogens is 2. The van der Waals surface area contributed by atoms with E-state index in [0.717, 1.165) is 22.3 Å². The van der Waals surface area contributed by atoms with E-state index < -0.39 is 11.6 Å². The third-order valence-electron chi connectivity index (χ3n) is 5.59. The minimum absolute atomic E-state index is 0.0527. The normalized spacial score (nSPS) is 11.0. The number of rotatable bonds is 6. The molecule has 0 aliphatic carbocycles.